The molecule has 1 aliphatic heterocycles. The van der Waals surface area contributed by atoms with E-state index in [1.807, 2.05) is 0 Å². The largest absolute Gasteiger partial charge is 0.452 e. The van der Waals surface area contributed by atoms with E-state index in [0.29, 0.717) is 13.0 Å². The summed E-state index contributed by atoms with van der Waals surface area (Å²) in [4.78, 5) is 32.7. The fourth-order valence-corrected chi connectivity index (χ4v) is 1.26. The van der Waals surface area contributed by atoms with Crippen LogP contribution >= 0.6 is 0 Å². The molecule has 0 aromatic carbocycles. The van der Waals surface area contributed by atoms with E-state index in [9.17, 15) is 14.4 Å². The van der Waals surface area contributed by atoms with E-state index in [1.54, 1.807) is 0 Å². The summed E-state index contributed by atoms with van der Waals surface area (Å²) in [5, 5.41) is 1.16. The van der Waals surface area contributed by atoms with Crippen LogP contribution in [0, 0.1) is 0 Å². The summed E-state index contributed by atoms with van der Waals surface area (Å²) in [6, 6.07) is 0. The molecular weight excluding hydrogens is 188 g/mol. The third kappa shape index (κ3) is 2.45. The van der Waals surface area contributed by atoms with Crippen LogP contribution in [0.15, 0.2) is 0 Å². The molecule has 2 amide bonds. The van der Waals surface area contributed by atoms with Crippen molar-refractivity contribution < 1.29 is 19.1 Å². The summed E-state index contributed by atoms with van der Waals surface area (Å²) >= 11 is 0. The monoisotopic (exact) mass is 200 g/mol. The van der Waals surface area contributed by atoms with Crippen molar-refractivity contribution in [2.45, 2.75) is 26.4 Å². The van der Waals surface area contributed by atoms with Crippen molar-refractivity contribution in [2.24, 2.45) is 0 Å². The number of esters is 1. The predicted molar refractivity (Wildman–Crippen MR) is 45.7 cm³/mol. The highest BCUT2D eigenvalue weighted by molar-refractivity contribution is 5.87. The van der Waals surface area contributed by atoms with Crippen LogP contribution in [-0.2, 0) is 19.1 Å². The molecule has 1 fully saturated rings. The number of carbonyl (C=O) groups excluding carboxylic acids is 3. The summed E-state index contributed by atoms with van der Waals surface area (Å²) in [6.45, 7) is 2.93. The molecule has 0 radical (unpaired) electrons. The van der Waals surface area contributed by atoms with Gasteiger partial charge in [0, 0.05) is 26.8 Å². The Balaban J connectivity index is 2.51. The van der Waals surface area contributed by atoms with Crippen LogP contribution in [0.25, 0.3) is 0 Å². The summed E-state index contributed by atoms with van der Waals surface area (Å²) in [7, 11) is 0. The molecule has 0 spiro atoms. The standard InChI is InChI=1S/C8H12N2O4/c1-5(11)9-10-4-3-7(8(10)13)14-6(2)12/h7H,3-4H2,1-2H3,(H,9,11). The number of nitrogens with zero attached hydrogens (tertiary/aromatic N) is 1. The topological polar surface area (TPSA) is 75.7 Å². The highest BCUT2D eigenvalue weighted by Gasteiger charge is 2.34. The molecule has 0 aromatic heterocycles. The van der Waals surface area contributed by atoms with Crippen molar-refractivity contribution in [1.29, 1.82) is 0 Å². The van der Waals surface area contributed by atoms with Gasteiger partial charge in [0.1, 0.15) is 0 Å². The number of hydrogen-bond donors (Lipinski definition) is 1. The molecule has 1 atom stereocenters. The number of amides is 2. The quantitative estimate of drug-likeness (QED) is 0.592. The fraction of sp³-hybridized carbons (Fsp3) is 0.625. The lowest BCUT2D eigenvalue weighted by Gasteiger charge is -2.15. The molecule has 14 heavy (non-hydrogen) atoms. The number of rotatable bonds is 2. The zero-order valence-corrected chi connectivity index (χ0v) is 8.07. The Kier molecular flexibility index (Phi) is 3.06. The number of nitrogens with one attached hydrogen (secondary N) is 1. The van der Waals surface area contributed by atoms with E-state index >= 15 is 0 Å². The predicted octanol–water partition coefficient (Wildman–Crippen LogP) is -0.798. The first-order chi connectivity index (χ1) is 6.50. The first kappa shape index (κ1) is 10.5. The van der Waals surface area contributed by atoms with E-state index in [2.05, 4.69) is 5.43 Å². The molecule has 0 saturated carbocycles. The molecule has 1 saturated heterocycles. The molecule has 1 heterocycles. The Bertz CT molecular complexity index is 251. The van der Waals surface area contributed by atoms with Crippen LogP contribution in [0.5, 0.6) is 0 Å². The van der Waals surface area contributed by atoms with Gasteiger partial charge in [-0.2, -0.15) is 0 Å². The van der Waals surface area contributed by atoms with Gasteiger partial charge in [-0.05, 0) is 0 Å². The van der Waals surface area contributed by atoms with Gasteiger partial charge in [-0.25, -0.2) is 0 Å². The molecule has 1 rings (SSSR count). The minimum absolute atomic E-state index is 0.318. The van der Waals surface area contributed by atoms with Crippen LogP contribution < -0.4 is 5.43 Å². The number of hydrogen-bond acceptors (Lipinski definition) is 4. The smallest absolute Gasteiger partial charge is 0.303 e. The second-order valence-electron chi connectivity index (χ2n) is 3.04. The highest BCUT2D eigenvalue weighted by Crippen LogP contribution is 2.12. The maximum Gasteiger partial charge on any atom is 0.303 e. The molecule has 1 aliphatic rings. The van der Waals surface area contributed by atoms with Gasteiger partial charge in [0.05, 0.1) is 0 Å². The van der Waals surface area contributed by atoms with Gasteiger partial charge in [-0.15, -0.1) is 0 Å². The van der Waals surface area contributed by atoms with Crippen LogP contribution in [-0.4, -0.2) is 35.4 Å². The Hall–Kier alpha value is -1.59. The van der Waals surface area contributed by atoms with Crippen LogP contribution in [0.3, 0.4) is 0 Å². The first-order valence-electron chi connectivity index (χ1n) is 4.26. The number of hydrazine groups is 1. The van der Waals surface area contributed by atoms with Gasteiger partial charge < -0.3 is 4.74 Å². The summed E-state index contributed by atoms with van der Waals surface area (Å²) in [6.07, 6.45) is -0.335. The Morgan fingerprint density at radius 3 is 2.64 bits per heavy atom. The minimum atomic E-state index is -0.751. The van der Waals surface area contributed by atoms with Gasteiger partial charge in [0.15, 0.2) is 6.10 Å². The number of ether oxygens (including phenoxy) is 1. The second-order valence-corrected chi connectivity index (χ2v) is 3.04. The molecule has 78 valence electrons. The Labute approximate surface area is 81.2 Å². The number of carbonyl (C=O) groups is 3. The molecule has 1 unspecified atom stereocenters. The van der Waals surface area contributed by atoms with Crippen molar-refractivity contribution in [3.8, 4) is 0 Å². The molecular formula is C8H12N2O4. The van der Waals surface area contributed by atoms with E-state index in [4.69, 9.17) is 4.74 Å². The van der Waals surface area contributed by atoms with Gasteiger partial charge in [0.25, 0.3) is 5.91 Å². The SMILES string of the molecule is CC(=O)NN1CCC(OC(C)=O)C1=O. The lowest BCUT2D eigenvalue weighted by atomic mass is 10.3. The van der Waals surface area contributed by atoms with Crippen molar-refractivity contribution in [3.63, 3.8) is 0 Å². The summed E-state index contributed by atoms with van der Waals surface area (Å²) in [5.74, 6) is -1.19. The molecule has 0 bridgehead atoms. The van der Waals surface area contributed by atoms with E-state index in [-0.39, 0.29) is 11.8 Å². The average Bonchev–Trinajstić information content (AvgIpc) is 2.34. The van der Waals surface area contributed by atoms with E-state index in [0.717, 1.165) is 5.01 Å². The lowest BCUT2D eigenvalue weighted by molar-refractivity contribution is -0.155. The zero-order chi connectivity index (χ0) is 10.7. The van der Waals surface area contributed by atoms with E-state index < -0.39 is 12.1 Å². The van der Waals surface area contributed by atoms with Crippen molar-refractivity contribution >= 4 is 17.8 Å². The maximum absolute atomic E-state index is 11.4. The van der Waals surface area contributed by atoms with Crippen LogP contribution in [0.4, 0.5) is 0 Å². The summed E-state index contributed by atoms with van der Waals surface area (Å²) < 4.78 is 4.75. The summed E-state index contributed by atoms with van der Waals surface area (Å²) in [5.41, 5.74) is 2.35. The van der Waals surface area contributed by atoms with Gasteiger partial charge in [0.2, 0.25) is 5.91 Å². The third-order valence-corrected chi connectivity index (χ3v) is 1.76. The van der Waals surface area contributed by atoms with Crippen LogP contribution in [0.2, 0.25) is 0 Å². The van der Waals surface area contributed by atoms with Crippen molar-refractivity contribution in [3.05, 3.63) is 0 Å². The van der Waals surface area contributed by atoms with Crippen LogP contribution in [0.1, 0.15) is 20.3 Å². The van der Waals surface area contributed by atoms with Gasteiger partial charge in [-0.1, -0.05) is 0 Å². The molecule has 6 heteroatoms. The molecule has 1 N–H and O–H groups in total. The molecule has 0 aromatic rings. The van der Waals surface area contributed by atoms with E-state index in [1.165, 1.54) is 13.8 Å². The Morgan fingerprint density at radius 1 is 1.50 bits per heavy atom. The zero-order valence-electron chi connectivity index (χ0n) is 8.07. The normalized spacial score (nSPS) is 20.9. The minimum Gasteiger partial charge on any atom is -0.452 e. The van der Waals surface area contributed by atoms with Crippen molar-refractivity contribution in [2.75, 3.05) is 6.54 Å². The molecule has 0 aliphatic carbocycles. The van der Waals surface area contributed by atoms with Crippen molar-refractivity contribution in [1.82, 2.24) is 10.4 Å². The second kappa shape index (κ2) is 4.08. The lowest BCUT2D eigenvalue weighted by Crippen LogP contribution is -2.44. The third-order valence-electron chi connectivity index (χ3n) is 1.76. The van der Waals surface area contributed by atoms with Gasteiger partial charge >= 0.3 is 5.97 Å². The maximum atomic E-state index is 11.4. The highest BCUT2D eigenvalue weighted by atomic mass is 16.5. The Morgan fingerprint density at radius 2 is 2.14 bits per heavy atom. The molecule has 6 nitrogen and oxygen atoms in total. The average molecular weight is 200 g/mol. The first-order valence-corrected chi connectivity index (χ1v) is 4.26. The van der Waals surface area contributed by atoms with Gasteiger partial charge in [-0.3, -0.25) is 24.8 Å². The fourth-order valence-electron chi connectivity index (χ4n) is 1.26.